The maximum atomic E-state index is 11.7. The van der Waals surface area contributed by atoms with Gasteiger partial charge in [0, 0.05) is 19.1 Å². The average molecular weight is 291 g/mol. The van der Waals surface area contributed by atoms with Crippen LogP contribution in [0.15, 0.2) is 30.3 Å². The topological polar surface area (TPSA) is 64.6 Å². The standard InChI is InChI=1S/C16H25N3O2/c1-13(12-20)18-16(21)17-10-15-8-5-9-19(15)11-14-6-3-2-4-7-14/h2-4,6-7,13,15,20H,5,8-12H2,1H3,(H2,17,18,21). The van der Waals surface area contributed by atoms with Crippen LogP contribution in [-0.2, 0) is 6.54 Å². The van der Waals surface area contributed by atoms with Gasteiger partial charge in [-0.25, -0.2) is 4.79 Å². The van der Waals surface area contributed by atoms with Crippen molar-refractivity contribution in [2.75, 3.05) is 19.7 Å². The van der Waals surface area contributed by atoms with Gasteiger partial charge in [0.2, 0.25) is 0 Å². The van der Waals surface area contributed by atoms with E-state index in [1.807, 2.05) is 6.07 Å². The van der Waals surface area contributed by atoms with E-state index in [2.05, 4.69) is 39.8 Å². The molecule has 0 spiro atoms. The Morgan fingerprint density at radius 3 is 2.90 bits per heavy atom. The molecule has 5 nitrogen and oxygen atoms in total. The zero-order valence-corrected chi connectivity index (χ0v) is 12.6. The lowest BCUT2D eigenvalue weighted by molar-refractivity contribution is 0.210. The molecule has 1 aliphatic heterocycles. The van der Waals surface area contributed by atoms with Gasteiger partial charge >= 0.3 is 6.03 Å². The highest BCUT2D eigenvalue weighted by molar-refractivity contribution is 5.74. The molecular formula is C16H25N3O2. The van der Waals surface area contributed by atoms with Crippen molar-refractivity contribution in [3.05, 3.63) is 35.9 Å². The molecule has 0 aromatic heterocycles. The van der Waals surface area contributed by atoms with Crippen molar-refractivity contribution in [1.29, 1.82) is 0 Å². The van der Waals surface area contributed by atoms with Crippen LogP contribution >= 0.6 is 0 Å². The minimum Gasteiger partial charge on any atom is -0.394 e. The summed E-state index contributed by atoms with van der Waals surface area (Å²) in [6.07, 6.45) is 2.29. The van der Waals surface area contributed by atoms with Gasteiger partial charge in [0.1, 0.15) is 0 Å². The van der Waals surface area contributed by atoms with Gasteiger partial charge in [-0.3, -0.25) is 4.90 Å². The lowest BCUT2D eigenvalue weighted by Gasteiger charge is -2.25. The van der Waals surface area contributed by atoms with E-state index in [1.165, 1.54) is 12.0 Å². The lowest BCUT2D eigenvalue weighted by atomic mass is 10.2. The molecule has 2 unspecified atom stereocenters. The summed E-state index contributed by atoms with van der Waals surface area (Å²) in [5.41, 5.74) is 1.31. The average Bonchev–Trinajstić information content (AvgIpc) is 2.93. The van der Waals surface area contributed by atoms with Crippen molar-refractivity contribution in [1.82, 2.24) is 15.5 Å². The van der Waals surface area contributed by atoms with Crippen molar-refractivity contribution in [2.45, 2.75) is 38.4 Å². The molecule has 0 bridgehead atoms. The normalized spacial score (nSPS) is 20.2. The fourth-order valence-electron chi connectivity index (χ4n) is 2.68. The van der Waals surface area contributed by atoms with Gasteiger partial charge in [0.25, 0.3) is 0 Å². The summed E-state index contributed by atoms with van der Waals surface area (Å²) < 4.78 is 0. The Morgan fingerprint density at radius 1 is 1.43 bits per heavy atom. The first-order valence-corrected chi connectivity index (χ1v) is 7.62. The molecule has 21 heavy (non-hydrogen) atoms. The second-order valence-corrected chi connectivity index (χ2v) is 5.69. The Bertz CT molecular complexity index is 438. The number of amides is 2. The molecule has 0 saturated carbocycles. The number of carbonyl (C=O) groups is 1. The SMILES string of the molecule is CC(CO)NC(=O)NCC1CCCN1Cc1ccccc1. The molecule has 116 valence electrons. The van der Waals surface area contributed by atoms with Crippen LogP contribution < -0.4 is 10.6 Å². The van der Waals surface area contributed by atoms with Crippen LogP contribution in [0.4, 0.5) is 4.79 Å². The molecule has 3 N–H and O–H groups in total. The molecule has 1 aliphatic rings. The number of benzene rings is 1. The van der Waals surface area contributed by atoms with Crippen LogP contribution in [0.25, 0.3) is 0 Å². The third kappa shape index (κ3) is 5.02. The van der Waals surface area contributed by atoms with Crippen molar-refractivity contribution in [3.63, 3.8) is 0 Å². The van der Waals surface area contributed by atoms with Gasteiger partial charge in [-0.2, -0.15) is 0 Å². The largest absolute Gasteiger partial charge is 0.394 e. The zero-order valence-electron chi connectivity index (χ0n) is 12.6. The molecule has 0 radical (unpaired) electrons. The van der Waals surface area contributed by atoms with Crippen LogP contribution in [0.1, 0.15) is 25.3 Å². The third-order valence-corrected chi connectivity index (χ3v) is 3.88. The van der Waals surface area contributed by atoms with Crippen LogP contribution in [0, 0.1) is 0 Å². The molecule has 1 heterocycles. The van der Waals surface area contributed by atoms with Gasteiger partial charge in [0.15, 0.2) is 0 Å². The maximum absolute atomic E-state index is 11.7. The summed E-state index contributed by atoms with van der Waals surface area (Å²) >= 11 is 0. The number of aliphatic hydroxyl groups excluding tert-OH is 1. The summed E-state index contributed by atoms with van der Waals surface area (Å²) in [6, 6.07) is 10.4. The number of likely N-dealkylation sites (tertiary alicyclic amines) is 1. The molecule has 0 aliphatic carbocycles. The van der Waals surface area contributed by atoms with E-state index >= 15 is 0 Å². The molecule has 1 saturated heterocycles. The highest BCUT2D eigenvalue weighted by atomic mass is 16.3. The molecule has 1 aromatic rings. The van der Waals surface area contributed by atoms with Crippen molar-refractivity contribution < 1.29 is 9.90 Å². The van der Waals surface area contributed by atoms with Gasteiger partial charge in [-0.1, -0.05) is 30.3 Å². The highest BCUT2D eigenvalue weighted by Crippen LogP contribution is 2.19. The minimum absolute atomic E-state index is 0.0447. The molecule has 1 aromatic carbocycles. The predicted octanol–water partition coefficient (Wildman–Crippen LogP) is 1.33. The highest BCUT2D eigenvalue weighted by Gasteiger charge is 2.24. The number of nitrogens with one attached hydrogen (secondary N) is 2. The fourth-order valence-corrected chi connectivity index (χ4v) is 2.68. The Hall–Kier alpha value is -1.59. The van der Waals surface area contributed by atoms with E-state index in [1.54, 1.807) is 6.92 Å². The smallest absolute Gasteiger partial charge is 0.315 e. The summed E-state index contributed by atoms with van der Waals surface area (Å²) in [5, 5.41) is 14.5. The zero-order chi connectivity index (χ0) is 15.1. The fraction of sp³-hybridized carbons (Fsp3) is 0.562. The van der Waals surface area contributed by atoms with E-state index < -0.39 is 0 Å². The number of hydrogen-bond acceptors (Lipinski definition) is 3. The molecule has 2 amide bonds. The first kappa shape index (κ1) is 15.8. The molecule has 5 heteroatoms. The summed E-state index contributed by atoms with van der Waals surface area (Å²) in [4.78, 5) is 14.1. The Balaban J connectivity index is 1.78. The Kier molecular flexibility index (Phi) is 6.02. The lowest BCUT2D eigenvalue weighted by Crippen LogP contribution is -2.46. The molecular weight excluding hydrogens is 266 g/mol. The van der Waals surface area contributed by atoms with E-state index in [0.29, 0.717) is 12.6 Å². The van der Waals surface area contributed by atoms with E-state index in [0.717, 1.165) is 19.5 Å². The van der Waals surface area contributed by atoms with Gasteiger partial charge in [-0.05, 0) is 31.9 Å². The van der Waals surface area contributed by atoms with E-state index in [9.17, 15) is 4.79 Å². The van der Waals surface area contributed by atoms with Gasteiger partial charge < -0.3 is 15.7 Å². The number of urea groups is 1. The Labute approximate surface area is 126 Å². The number of nitrogens with zero attached hydrogens (tertiary/aromatic N) is 1. The first-order chi connectivity index (χ1) is 10.2. The van der Waals surface area contributed by atoms with Crippen LogP contribution in [0.2, 0.25) is 0 Å². The third-order valence-electron chi connectivity index (χ3n) is 3.88. The molecule has 2 rings (SSSR count). The Morgan fingerprint density at radius 2 is 2.19 bits per heavy atom. The van der Waals surface area contributed by atoms with Crippen LogP contribution in [0.5, 0.6) is 0 Å². The monoisotopic (exact) mass is 291 g/mol. The van der Waals surface area contributed by atoms with E-state index in [-0.39, 0.29) is 18.7 Å². The minimum atomic E-state index is -0.214. The van der Waals surface area contributed by atoms with Crippen LogP contribution in [0.3, 0.4) is 0 Å². The number of aliphatic hydroxyl groups is 1. The van der Waals surface area contributed by atoms with Gasteiger partial charge in [-0.15, -0.1) is 0 Å². The van der Waals surface area contributed by atoms with Gasteiger partial charge in [0.05, 0.1) is 12.6 Å². The number of hydrogen-bond donors (Lipinski definition) is 3. The second kappa shape index (κ2) is 8.00. The van der Waals surface area contributed by atoms with E-state index in [4.69, 9.17) is 5.11 Å². The van der Waals surface area contributed by atoms with Crippen molar-refractivity contribution >= 4 is 6.03 Å². The quantitative estimate of drug-likeness (QED) is 0.741. The predicted molar refractivity (Wildman–Crippen MR) is 83.0 cm³/mol. The molecule has 2 atom stereocenters. The van der Waals surface area contributed by atoms with Crippen molar-refractivity contribution in [3.8, 4) is 0 Å². The molecule has 1 fully saturated rings. The summed E-state index contributed by atoms with van der Waals surface area (Å²) in [7, 11) is 0. The first-order valence-electron chi connectivity index (χ1n) is 7.62. The second-order valence-electron chi connectivity index (χ2n) is 5.69. The van der Waals surface area contributed by atoms with Crippen molar-refractivity contribution in [2.24, 2.45) is 0 Å². The summed E-state index contributed by atoms with van der Waals surface area (Å²) in [6.45, 7) is 4.39. The maximum Gasteiger partial charge on any atom is 0.315 e. The number of carbonyl (C=O) groups excluding carboxylic acids is 1. The summed E-state index contributed by atoms with van der Waals surface area (Å²) in [5.74, 6) is 0. The van der Waals surface area contributed by atoms with Crippen LogP contribution in [-0.4, -0.2) is 47.8 Å². The number of rotatable bonds is 6.